The quantitative estimate of drug-likeness (QED) is 0.250. The van der Waals surface area contributed by atoms with Crippen molar-refractivity contribution in [1.82, 2.24) is 0 Å². The van der Waals surface area contributed by atoms with Gasteiger partial charge in [-0.1, -0.05) is 53.0 Å². The maximum Gasteiger partial charge on any atom is 0.173 e. The largest absolute Gasteiger partial charge is 0.333 e. The van der Waals surface area contributed by atoms with E-state index in [1.807, 2.05) is 19.9 Å². The van der Waals surface area contributed by atoms with Gasteiger partial charge in [0.15, 0.2) is 5.78 Å². The zero-order valence-electron chi connectivity index (χ0n) is 19.6. The summed E-state index contributed by atoms with van der Waals surface area (Å²) in [6.07, 6.45) is 7.06. The summed E-state index contributed by atoms with van der Waals surface area (Å²) in [6.45, 7) is 11.6. The average molecular weight is 437 g/mol. The van der Waals surface area contributed by atoms with Gasteiger partial charge >= 0.3 is 0 Å². The lowest BCUT2D eigenvalue weighted by atomic mass is 9.97. The number of allylic oxidation sites excluding steroid dienone is 1. The van der Waals surface area contributed by atoms with Crippen LogP contribution in [0.5, 0.6) is 0 Å². The van der Waals surface area contributed by atoms with Crippen LogP contribution in [-0.2, 0) is 4.79 Å². The molecule has 0 saturated heterocycles. The van der Waals surface area contributed by atoms with Crippen LogP contribution in [0, 0.1) is 30.1 Å². The van der Waals surface area contributed by atoms with Crippen LogP contribution in [0.3, 0.4) is 0 Å². The summed E-state index contributed by atoms with van der Waals surface area (Å²) in [5, 5.41) is 12.9. The van der Waals surface area contributed by atoms with Gasteiger partial charge in [0.25, 0.3) is 0 Å². The molecule has 3 nitrogen and oxygen atoms in total. The maximum absolute atomic E-state index is 12.4. The molecule has 0 bridgehead atoms. The first kappa shape index (κ1) is 24.9. The Labute approximate surface area is 192 Å². The van der Waals surface area contributed by atoms with E-state index in [2.05, 4.69) is 61.4 Å². The van der Waals surface area contributed by atoms with Crippen molar-refractivity contribution >= 4 is 33.9 Å². The molecule has 2 rings (SSSR count). The molecule has 4 heteroatoms. The number of hydrogen-bond donors (Lipinski definition) is 0. The second-order valence-electron chi connectivity index (χ2n) is 8.71. The highest BCUT2D eigenvalue weighted by Gasteiger charge is 2.17. The van der Waals surface area contributed by atoms with Crippen LogP contribution in [0.15, 0.2) is 41.3 Å². The number of Topliss-reactive ketones (excluding diaryl/α,β-unsaturated/α-hetero) is 1. The number of unbranched alkanes of at least 4 members (excludes halogenated alkanes) is 1. The van der Waals surface area contributed by atoms with Crippen LogP contribution < -0.4 is 4.90 Å². The zero-order chi connectivity index (χ0) is 22.8. The van der Waals surface area contributed by atoms with Crippen LogP contribution in [0.1, 0.15) is 70.9 Å². The number of aryl methyl sites for hydroxylation is 1. The van der Waals surface area contributed by atoms with E-state index in [9.17, 15) is 10.1 Å². The predicted octanol–water partition coefficient (Wildman–Crippen LogP) is 7.93. The second kappa shape index (κ2) is 12.5. The van der Waals surface area contributed by atoms with Gasteiger partial charge in [-0.05, 0) is 72.0 Å². The fourth-order valence-electron chi connectivity index (χ4n) is 3.72. The van der Waals surface area contributed by atoms with Gasteiger partial charge in [-0.25, -0.2) is 0 Å². The van der Waals surface area contributed by atoms with Crippen LogP contribution >= 0.6 is 11.3 Å². The third kappa shape index (κ3) is 7.36. The van der Waals surface area contributed by atoms with Crippen molar-refractivity contribution in [3.05, 3.63) is 52.4 Å². The first-order valence-electron chi connectivity index (χ1n) is 11.5. The third-order valence-electron chi connectivity index (χ3n) is 5.64. The molecule has 0 aliphatic carbocycles. The summed E-state index contributed by atoms with van der Waals surface area (Å²) in [5.41, 5.74) is 3.41. The second-order valence-corrected chi connectivity index (χ2v) is 9.64. The minimum atomic E-state index is -0.0806. The highest BCUT2D eigenvalue weighted by molar-refractivity contribution is 7.14. The predicted molar refractivity (Wildman–Crippen MR) is 134 cm³/mol. The van der Waals surface area contributed by atoms with Gasteiger partial charge in [0.2, 0.25) is 0 Å². The molecule has 0 radical (unpaired) electrons. The number of carbonyl (C=O) groups is 1. The van der Waals surface area contributed by atoms with Gasteiger partial charge < -0.3 is 4.90 Å². The molecular formula is C27H36N2OS. The molecule has 0 amide bonds. The van der Waals surface area contributed by atoms with Crippen LogP contribution in [0.4, 0.5) is 10.7 Å². The normalized spacial score (nSPS) is 12.6. The molecule has 1 aromatic carbocycles. The number of nitriles is 1. The minimum Gasteiger partial charge on any atom is -0.333 e. The Morgan fingerprint density at radius 3 is 2.58 bits per heavy atom. The first-order chi connectivity index (χ1) is 14.9. The molecule has 0 aliphatic heterocycles. The molecule has 0 N–H and O–H groups in total. The number of ketones is 1. The number of benzene rings is 1. The Morgan fingerprint density at radius 1 is 1.26 bits per heavy atom. The lowest BCUT2D eigenvalue weighted by molar-refractivity contribution is -0.115. The number of rotatable bonds is 12. The van der Waals surface area contributed by atoms with Crippen molar-refractivity contribution in [2.45, 2.75) is 66.7 Å². The lowest BCUT2D eigenvalue weighted by Crippen LogP contribution is -2.24. The number of carbonyl (C=O) groups excluding carboxylic acids is 1. The van der Waals surface area contributed by atoms with E-state index in [1.165, 1.54) is 36.4 Å². The molecule has 0 saturated carbocycles. The minimum absolute atomic E-state index is 0.0806. The van der Waals surface area contributed by atoms with Gasteiger partial charge in [-0.2, -0.15) is 5.26 Å². The summed E-state index contributed by atoms with van der Waals surface area (Å²) in [4.78, 5) is 14.8. The summed E-state index contributed by atoms with van der Waals surface area (Å²) in [5.74, 6) is 0.815. The fourth-order valence-corrected chi connectivity index (χ4v) is 4.48. The highest BCUT2D eigenvalue weighted by Crippen LogP contribution is 2.33. The van der Waals surface area contributed by atoms with E-state index in [0.717, 1.165) is 17.7 Å². The zero-order valence-corrected chi connectivity index (χ0v) is 20.5. The number of anilines is 2. The molecule has 31 heavy (non-hydrogen) atoms. The van der Waals surface area contributed by atoms with Crippen LogP contribution in [0.2, 0.25) is 0 Å². The Balaban J connectivity index is 2.33. The summed E-state index contributed by atoms with van der Waals surface area (Å²) in [7, 11) is 0. The molecule has 1 atom stereocenters. The third-order valence-corrected chi connectivity index (χ3v) is 6.53. The van der Waals surface area contributed by atoms with E-state index in [4.69, 9.17) is 0 Å². The van der Waals surface area contributed by atoms with Crippen molar-refractivity contribution in [1.29, 1.82) is 5.26 Å². The Bertz CT molecular complexity index is 906. The number of thiophene rings is 1. The highest BCUT2D eigenvalue weighted by atomic mass is 32.1. The first-order valence-corrected chi connectivity index (χ1v) is 12.3. The van der Waals surface area contributed by atoms with Crippen molar-refractivity contribution in [3.8, 4) is 6.07 Å². The van der Waals surface area contributed by atoms with Crippen LogP contribution in [0.25, 0.3) is 6.08 Å². The van der Waals surface area contributed by atoms with Crippen molar-refractivity contribution in [2.24, 2.45) is 11.8 Å². The molecule has 0 fully saturated rings. The summed E-state index contributed by atoms with van der Waals surface area (Å²) < 4.78 is 0. The van der Waals surface area contributed by atoms with E-state index in [1.54, 1.807) is 17.4 Å². The summed E-state index contributed by atoms with van der Waals surface area (Å²) in [6, 6.07) is 12.7. The SMILES string of the molecule is CCCCC(CC)CN(c1ccc(/C=C(/C#N)C(=O)CC(C)C)c(C)c1)c1cccs1. The number of nitrogens with zero attached hydrogens (tertiary/aromatic N) is 2. The smallest absolute Gasteiger partial charge is 0.173 e. The monoisotopic (exact) mass is 436 g/mol. The molecule has 2 aromatic rings. The van der Waals surface area contributed by atoms with E-state index in [-0.39, 0.29) is 17.3 Å². The van der Waals surface area contributed by atoms with Gasteiger partial charge in [0.05, 0.1) is 10.6 Å². The molecule has 1 unspecified atom stereocenters. The molecule has 166 valence electrons. The maximum atomic E-state index is 12.4. The standard InChI is InChI=1S/C27H36N2OS/c1-6-8-10-22(7-2)19-29(27-11-9-14-31-27)25-13-12-23(21(5)16-25)17-24(18-28)26(30)15-20(3)4/h9,11-14,16-17,20,22H,6-8,10,15,19H2,1-5H3/b24-17-. The topological polar surface area (TPSA) is 44.1 Å². The molecule has 0 aliphatic rings. The van der Waals surface area contributed by atoms with Crippen molar-refractivity contribution in [3.63, 3.8) is 0 Å². The lowest BCUT2D eigenvalue weighted by Gasteiger charge is -2.28. The van der Waals surface area contributed by atoms with Gasteiger partial charge in [-0.15, -0.1) is 11.3 Å². The molecule has 0 spiro atoms. The van der Waals surface area contributed by atoms with Crippen molar-refractivity contribution in [2.75, 3.05) is 11.4 Å². The Hall–Kier alpha value is -2.38. The van der Waals surface area contributed by atoms with Gasteiger partial charge in [0.1, 0.15) is 6.07 Å². The summed E-state index contributed by atoms with van der Waals surface area (Å²) >= 11 is 1.76. The van der Waals surface area contributed by atoms with Gasteiger partial charge in [-0.3, -0.25) is 4.79 Å². The van der Waals surface area contributed by atoms with E-state index in [0.29, 0.717) is 12.3 Å². The molecular weight excluding hydrogens is 400 g/mol. The molecule has 1 aromatic heterocycles. The molecule has 1 heterocycles. The van der Waals surface area contributed by atoms with Crippen molar-refractivity contribution < 1.29 is 4.79 Å². The fraction of sp³-hybridized carbons (Fsp3) is 0.481. The Kier molecular flexibility index (Phi) is 10.0. The van der Waals surface area contributed by atoms with Gasteiger partial charge in [0, 0.05) is 18.7 Å². The average Bonchev–Trinajstić information content (AvgIpc) is 3.27. The van der Waals surface area contributed by atoms with Crippen LogP contribution in [-0.4, -0.2) is 12.3 Å². The van der Waals surface area contributed by atoms with E-state index < -0.39 is 0 Å². The van der Waals surface area contributed by atoms with E-state index >= 15 is 0 Å². The number of hydrogen-bond acceptors (Lipinski definition) is 4. The Morgan fingerprint density at radius 2 is 2.03 bits per heavy atom.